The predicted octanol–water partition coefficient (Wildman–Crippen LogP) is -3.71. The van der Waals surface area contributed by atoms with Gasteiger partial charge in [-0.1, -0.05) is 47.5 Å². The van der Waals surface area contributed by atoms with E-state index in [1.54, 1.807) is 0 Å². The third-order valence-corrected chi connectivity index (χ3v) is 8.59. The summed E-state index contributed by atoms with van der Waals surface area (Å²) in [6.07, 6.45) is 18.8. The first kappa shape index (κ1) is 54.6. The molecule has 7 aromatic rings. The van der Waals surface area contributed by atoms with Crippen molar-refractivity contribution in [1.82, 2.24) is 58.0 Å². The summed E-state index contributed by atoms with van der Waals surface area (Å²) in [4.78, 5) is 31.1. The van der Waals surface area contributed by atoms with Crippen LogP contribution in [0, 0.1) is 34.3 Å². The van der Waals surface area contributed by atoms with Gasteiger partial charge in [0.05, 0.1) is 37.6 Å². The molecule has 0 amide bonds. The van der Waals surface area contributed by atoms with Crippen molar-refractivity contribution in [2.45, 2.75) is 53.1 Å². The number of imidazole rings is 4. The molecule has 0 aliphatic carbocycles. The van der Waals surface area contributed by atoms with Crippen molar-refractivity contribution in [2.75, 3.05) is 0 Å². The molecule has 6 heterocycles. The molecule has 0 saturated heterocycles. The number of nitrogens with zero attached hydrogens (tertiary/aromatic N) is 12. The van der Waals surface area contributed by atoms with Gasteiger partial charge in [-0.25, -0.2) is 57.2 Å². The van der Waals surface area contributed by atoms with E-state index in [1.807, 2.05) is 145 Å². The van der Waals surface area contributed by atoms with E-state index in [1.165, 1.54) is 11.1 Å². The van der Waals surface area contributed by atoms with Gasteiger partial charge in [0.2, 0.25) is 0 Å². The Kier molecular flexibility index (Phi) is 23.9. The zero-order valence-corrected chi connectivity index (χ0v) is 41.4. The zero-order chi connectivity index (χ0) is 45.7. The topological polar surface area (TPSA) is 288 Å². The van der Waals surface area contributed by atoms with Crippen LogP contribution in [0.5, 0.6) is 0 Å². The van der Waals surface area contributed by atoms with E-state index in [2.05, 4.69) is 77.8 Å². The van der Waals surface area contributed by atoms with Crippen molar-refractivity contribution in [3.05, 3.63) is 168 Å². The van der Waals surface area contributed by atoms with Crippen molar-refractivity contribution >= 4 is 0 Å². The van der Waals surface area contributed by atoms with Gasteiger partial charge in [0.1, 0.15) is 23.3 Å². The molecule has 0 unspecified atom stereocenters. The minimum absolute atomic E-state index is 0. The maximum absolute atomic E-state index is 8.49. The van der Waals surface area contributed by atoms with Gasteiger partial charge >= 0.3 is 27.3 Å². The van der Waals surface area contributed by atoms with Crippen LogP contribution < -0.4 is 37.3 Å². The largest absolute Gasteiger partial charge is 2.00 e. The first-order chi connectivity index (χ1) is 29.2. The molecule has 63 heavy (non-hydrogen) atoms. The zero-order valence-electron chi connectivity index (χ0n) is 35.9. The Bertz CT molecular complexity index is 2010. The fraction of sp³-hybridized carbons (Fsp3) is 0.300. The van der Waals surface area contributed by atoms with Crippen molar-refractivity contribution in [3.63, 3.8) is 0 Å². The van der Waals surface area contributed by atoms with Gasteiger partial charge in [-0.05, 0) is 38.1 Å². The molecule has 1 aromatic carbocycles. The third-order valence-electron chi connectivity index (χ3n) is 8.59. The summed E-state index contributed by atoms with van der Waals surface area (Å²) < 4.78 is 76.1. The molecule has 0 fully saturated rings. The van der Waals surface area contributed by atoms with E-state index >= 15 is 0 Å². The predicted molar refractivity (Wildman–Crippen MR) is 203 cm³/mol. The molecular formula is C40H50CdCl2N12O8. The number of hydrogen-bond acceptors (Lipinski definition) is 16. The Morgan fingerprint density at radius 1 is 0.397 bits per heavy atom. The van der Waals surface area contributed by atoms with E-state index in [0.29, 0.717) is 0 Å². The molecule has 6 aromatic heterocycles. The van der Waals surface area contributed by atoms with E-state index in [0.717, 1.165) is 74.0 Å². The van der Waals surface area contributed by atoms with Crippen LogP contribution in [0.4, 0.5) is 0 Å². The number of hydrogen-bond donors (Lipinski definition) is 0. The van der Waals surface area contributed by atoms with Gasteiger partial charge in [0.15, 0.2) is 0 Å². The minimum Gasteiger partial charge on any atom is -0.337 e. The molecule has 0 saturated carbocycles. The molecule has 334 valence electrons. The number of pyridine rings is 2. The summed E-state index contributed by atoms with van der Waals surface area (Å²) in [7, 11) is -1.83. The first-order valence-electron chi connectivity index (χ1n) is 18.6. The van der Waals surface area contributed by atoms with Crippen molar-refractivity contribution < 1.29 is 85.1 Å². The van der Waals surface area contributed by atoms with Crippen molar-refractivity contribution in [3.8, 4) is 0 Å². The molecule has 0 N–H and O–H groups in total. The Morgan fingerprint density at radius 2 is 0.651 bits per heavy atom. The third kappa shape index (κ3) is 24.2. The van der Waals surface area contributed by atoms with Crippen LogP contribution in [0.1, 0.15) is 45.8 Å². The molecule has 0 atom stereocenters. The van der Waals surface area contributed by atoms with Crippen molar-refractivity contribution in [1.29, 1.82) is 0 Å². The SMILES string of the molecule is Cc1ccc(C)cc1.Cn1ccnc1CN(Cc1ccccn1)Cc1nccn1C.Cn1ccnc1CN(Cc1ccccn1)Cc1nccn1C.[Cd+2].[O-][Cl+3]([O-])([O-])[O-].[O-][Cl+3]([O-])([O-])[O-]. The quantitative estimate of drug-likeness (QED) is 0.106. The number of rotatable bonds is 12. The van der Waals surface area contributed by atoms with Crippen LogP contribution in [-0.2, 0) is 94.8 Å². The average molecular weight is 1010 g/mol. The first-order valence-corrected chi connectivity index (χ1v) is 21.1. The van der Waals surface area contributed by atoms with Gasteiger partial charge in [-0.2, -0.15) is 0 Å². The monoisotopic (exact) mass is 1010 g/mol. The number of aryl methyl sites for hydroxylation is 6. The maximum atomic E-state index is 8.49. The standard InChI is InChI=1S/2C16H20N6.C8H10.Cd.2ClHO4/c2*1-20-9-7-18-15(20)12-22(11-14-5-3-4-6-17-14)13-16-19-8-10-21(16)2;1-7-3-5-8(2)6-4-7;;2*2-1(3,4)5/h2*3-10H,11-13H2,1-2H3;3-6H,1-2H3;;2*(H,2,3,4,5)/q;;;+2;;/p-2. The van der Waals surface area contributed by atoms with Crippen LogP contribution in [0.2, 0.25) is 0 Å². The van der Waals surface area contributed by atoms with E-state index in [4.69, 9.17) is 37.3 Å². The van der Waals surface area contributed by atoms with E-state index in [9.17, 15) is 0 Å². The summed E-state index contributed by atoms with van der Waals surface area (Å²) in [6.45, 7) is 8.75. The van der Waals surface area contributed by atoms with Gasteiger partial charge in [-0.15, -0.1) is 20.5 Å². The van der Waals surface area contributed by atoms with Crippen LogP contribution in [0.25, 0.3) is 0 Å². The molecule has 0 radical (unpaired) electrons. The second kappa shape index (κ2) is 27.6. The van der Waals surface area contributed by atoms with Gasteiger partial charge in [-0.3, -0.25) is 19.8 Å². The Labute approximate surface area is 390 Å². The van der Waals surface area contributed by atoms with Crippen LogP contribution in [0.3, 0.4) is 0 Å². The van der Waals surface area contributed by atoms with Crippen LogP contribution in [-0.4, -0.2) is 58.0 Å². The van der Waals surface area contributed by atoms with Gasteiger partial charge < -0.3 is 18.3 Å². The van der Waals surface area contributed by atoms with E-state index in [-0.39, 0.29) is 27.3 Å². The summed E-state index contributed by atoms with van der Waals surface area (Å²) in [5.41, 5.74) is 4.75. The molecular weight excluding hydrogens is 960 g/mol. The molecule has 0 bridgehead atoms. The summed E-state index contributed by atoms with van der Waals surface area (Å²) in [5, 5.41) is 0. The fourth-order valence-electron chi connectivity index (χ4n) is 5.41. The summed E-state index contributed by atoms with van der Waals surface area (Å²) in [5.74, 6) is 4.13. The summed E-state index contributed by atoms with van der Waals surface area (Å²) in [6, 6.07) is 20.5. The average Bonchev–Trinajstić information content (AvgIpc) is 4.00. The molecule has 7 rings (SSSR count). The number of benzene rings is 1. The molecule has 0 aliphatic heterocycles. The number of aromatic nitrogens is 10. The fourth-order valence-corrected chi connectivity index (χ4v) is 5.41. The second-order valence-electron chi connectivity index (χ2n) is 13.7. The summed E-state index contributed by atoms with van der Waals surface area (Å²) >= 11 is 0. The van der Waals surface area contributed by atoms with Gasteiger partial charge in [0.25, 0.3) is 0 Å². The normalized spacial score (nSPS) is 10.9. The Morgan fingerprint density at radius 3 is 0.841 bits per heavy atom. The van der Waals surface area contributed by atoms with Crippen molar-refractivity contribution in [2.24, 2.45) is 28.2 Å². The van der Waals surface area contributed by atoms with Gasteiger partial charge in [0, 0.05) is 103 Å². The van der Waals surface area contributed by atoms with Crippen LogP contribution in [0.15, 0.2) is 123 Å². The molecule has 0 spiro atoms. The molecule has 23 heteroatoms. The molecule has 0 aliphatic rings. The maximum Gasteiger partial charge on any atom is 2.00 e. The number of halogens is 2. The smallest absolute Gasteiger partial charge is 0.337 e. The Balaban J connectivity index is 0.000000310. The van der Waals surface area contributed by atoms with E-state index < -0.39 is 20.5 Å². The molecule has 20 nitrogen and oxygen atoms in total. The Hall–Kier alpha value is -4.54. The minimum atomic E-state index is -4.94. The second-order valence-corrected chi connectivity index (χ2v) is 15.2. The van der Waals surface area contributed by atoms with Crippen LogP contribution >= 0.6 is 0 Å².